The zero-order chi connectivity index (χ0) is 16.0. The molecular weight excluding hydrogens is 296 g/mol. The first-order valence-corrected chi connectivity index (χ1v) is 8.02. The third-order valence-corrected chi connectivity index (χ3v) is 2.77. The zero-order valence-electron chi connectivity index (χ0n) is 12.3. The molecule has 0 saturated carbocycles. The van der Waals surface area contributed by atoms with Crippen LogP contribution in [-0.4, -0.2) is 33.0 Å². The van der Waals surface area contributed by atoms with Gasteiger partial charge in [0, 0.05) is 0 Å². The number of carbonyl (C=O) groups is 1. The van der Waals surface area contributed by atoms with E-state index >= 15 is 0 Å². The number of aryl methyl sites for hydroxylation is 1. The maximum Gasteiger partial charge on any atom is 0.354 e. The summed E-state index contributed by atoms with van der Waals surface area (Å²) >= 11 is 0. The number of hydrogen-bond acceptors (Lipinski definition) is 7. The lowest BCUT2D eigenvalue weighted by molar-refractivity contribution is -0.135. The van der Waals surface area contributed by atoms with Crippen LogP contribution in [0.3, 0.4) is 0 Å². The fraction of sp³-hybridized carbons (Fsp3) is 0.385. The fourth-order valence-electron chi connectivity index (χ4n) is 1.39. The molecule has 1 rings (SSSR count). The maximum absolute atomic E-state index is 11.4. The summed E-state index contributed by atoms with van der Waals surface area (Å²) in [4.78, 5) is 11.4. The van der Waals surface area contributed by atoms with Crippen molar-refractivity contribution < 1.29 is 22.1 Å². The molecular formula is C13H18N2O5S. The lowest BCUT2D eigenvalue weighted by atomic mass is 10.2. The second-order valence-corrected chi connectivity index (χ2v) is 5.89. The van der Waals surface area contributed by atoms with E-state index in [1.54, 1.807) is 19.1 Å². The largest absolute Gasteiger partial charge is 0.461 e. The Morgan fingerprint density at radius 2 is 2.05 bits per heavy atom. The molecule has 0 atom stereocenters. The van der Waals surface area contributed by atoms with E-state index in [0.717, 1.165) is 11.8 Å². The fourth-order valence-corrected chi connectivity index (χ4v) is 1.86. The van der Waals surface area contributed by atoms with E-state index in [4.69, 9.17) is 8.92 Å². The summed E-state index contributed by atoms with van der Waals surface area (Å²) in [6.07, 6.45) is 0.948. The Hall–Kier alpha value is -2.09. The van der Waals surface area contributed by atoms with Crippen molar-refractivity contribution in [3.63, 3.8) is 0 Å². The number of hydrogen-bond donors (Lipinski definition) is 1. The van der Waals surface area contributed by atoms with E-state index < -0.39 is 16.1 Å². The van der Waals surface area contributed by atoms with Crippen molar-refractivity contribution in [3.05, 3.63) is 23.8 Å². The SMILES string of the molecule is CCOC(=O)/C(C)=N/Nc1cc(C)ccc1OS(C)(=O)=O. The Morgan fingerprint density at radius 1 is 1.38 bits per heavy atom. The van der Waals surface area contributed by atoms with Crippen LogP contribution >= 0.6 is 0 Å². The van der Waals surface area contributed by atoms with Crippen LogP contribution < -0.4 is 9.61 Å². The normalized spacial score (nSPS) is 11.9. The summed E-state index contributed by atoms with van der Waals surface area (Å²) in [5.41, 5.74) is 3.94. The Morgan fingerprint density at radius 3 is 2.62 bits per heavy atom. The predicted octanol–water partition coefficient (Wildman–Crippen LogP) is 1.68. The lowest BCUT2D eigenvalue weighted by Crippen LogP contribution is -2.15. The Kier molecular flexibility index (Phi) is 5.71. The van der Waals surface area contributed by atoms with Crippen LogP contribution in [0.4, 0.5) is 5.69 Å². The molecule has 1 aromatic rings. The van der Waals surface area contributed by atoms with Crippen molar-refractivity contribution in [1.29, 1.82) is 0 Å². The van der Waals surface area contributed by atoms with Gasteiger partial charge in [-0.05, 0) is 38.5 Å². The van der Waals surface area contributed by atoms with Crippen LogP contribution in [-0.2, 0) is 19.6 Å². The molecule has 0 aliphatic carbocycles. The van der Waals surface area contributed by atoms with Gasteiger partial charge in [0.05, 0.1) is 12.9 Å². The number of carbonyl (C=O) groups excluding carboxylic acids is 1. The molecule has 116 valence electrons. The van der Waals surface area contributed by atoms with Crippen LogP contribution in [0, 0.1) is 6.92 Å². The Balaban J connectivity index is 2.99. The monoisotopic (exact) mass is 314 g/mol. The number of nitrogens with one attached hydrogen (secondary N) is 1. The van der Waals surface area contributed by atoms with Crippen molar-refractivity contribution >= 4 is 27.5 Å². The smallest absolute Gasteiger partial charge is 0.354 e. The van der Waals surface area contributed by atoms with E-state index in [0.29, 0.717) is 5.69 Å². The quantitative estimate of drug-likeness (QED) is 0.371. The van der Waals surface area contributed by atoms with E-state index in [9.17, 15) is 13.2 Å². The number of esters is 1. The van der Waals surface area contributed by atoms with Crippen molar-refractivity contribution in [3.8, 4) is 5.75 Å². The molecule has 0 aliphatic rings. The molecule has 0 unspecified atom stereocenters. The summed E-state index contributed by atoms with van der Waals surface area (Å²) in [6.45, 7) is 5.25. The highest BCUT2D eigenvalue weighted by atomic mass is 32.2. The summed E-state index contributed by atoms with van der Waals surface area (Å²) in [7, 11) is -3.66. The zero-order valence-corrected chi connectivity index (χ0v) is 13.2. The van der Waals surface area contributed by atoms with Crippen LogP contribution in [0.5, 0.6) is 5.75 Å². The first-order valence-electron chi connectivity index (χ1n) is 6.20. The van der Waals surface area contributed by atoms with E-state index in [-0.39, 0.29) is 18.1 Å². The first kappa shape index (κ1) is 17.0. The number of ether oxygens (including phenoxy) is 1. The molecule has 7 nitrogen and oxygen atoms in total. The highest BCUT2D eigenvalue weighted by Gasteiger charge is 2.11. The molecule has 0 fully saturated rings. The second-order valence-electron chi connectivity index (χ2n) is 4.32. The van der Waals surface area contributed by atoms with Crippen molar-refractivity contribution in [2.75, 3.05) is 18.3 Å². The molecule has 0 radical (unpaired) electrons. The van der Waals surface area contributed by atoms with Gasteiger partial charge in [-0.3, -0.25) is 5.43 Å². The number of hydrazone groups is 1. The van der Waals surface area contributed by atoms with Crippen LogP contribution in [0.25, 0.3) is 0 Å². The minimum Gasteiger partial charge on any atom is -0.461 e. The van der Waals surface area contributed by atoms with Gasteiger partial charge in [0.2, 0.25) is 0 Å². The average Bonchev–Trinajstić information content (AvgIpc) is 2.37. The molecule has 0 aromatic heterocycles. The minimum atomic E-state index is -3.66. The van der Waals surface area contributed by atoms with Gasteiger partial charge in [-0.25, -0.2) is 4.79 Å². The van der Waals surface area contributed by atoms with Gasteiger partial charge in [-0.15, -0.1) is 0 Å². The molecule has 1 aromatic carbocycles. The van der Waals surface area contributed by atoms with Crippen LogP contribution in [0.15, 0.2) is 23.3 Å². The molecule has 1 N–H and O–H groups in total. The summed E-state index contributed by atoms with van der Waals surface area (Å²) in [5.74, 6) is -0.452. The van der Waals surface area contributed by atoms with E-state index in [1.807, 2.05) is 6.92 Å². The summed E-state index contributed by atoms with van der Waals surface area (Å²) in [5, 5.41) is 3.86. The topological polar surface area (TPSA) is 94.1 Å². The van der Waals surface area contributed by atoms with Gasteiger partial charge < -0.3 is 8.92 Å². The molecule has 0 spiro atoms. The van der Waals surface area contributed by atoms with Crippen molar-refractivity contribution in [1.82, 2.24) is 0 Å². The standard InChI is InChI=1S/C13H18N2O5S/c1-5-19-13(16)10(3)14-15-11-8-9(2)6-7-12(11)20-21(4,17)18/h6-8,15H,5H2,1-4H3/b14-10+. The van der Waals surface area contributed by atoms with Gasteiger partial charge in [0.1, 0.15) is 11.4 Å². The number of rotatable bonds is 6. The number of anilines is 1. The third kappa shape index (κ3) is 5.82. The number of nitrogens with zero attached hydrogens (tertiary/aromatic N) is 1. The molecule has 21 heavy (non-hydrogen) atoms. The molecule has 0 saturated heterocycles. The van der Waals surface area contributed by atoms with Crippen molar-refractivity contribution in [2.45, 2.75) is 20.8 Å². The highest BCUT2D eigenvalue weighted by Crippen LogP contribution is 2.26. The van der Waals surface area contributed by atoms with Crippen molar-refractivity contribution in [2.24, 2.45) is 5.10 Å². The lowest BCUT2D eigenvalue weighted by Gasteiger charge is -2.10. The molecule has 0 amide bonds. The van der Waals surface area contributed by atoms with Crippen LogP contribution in [0.2, 0.25) is 0 Å². The Bertz CT molecular complexity index is 653. The van der Waals surface area contributed by atoms with E-state index in [1.165, 1.54) is 13.0 Å². The van der Waals surface area contributed by atoms with Gasteiger partial charge >= 0.3 is 16.1 Å². The molecule has 8 heteroatoms. The van der Waals surface area contributed by atoms with E-state index in [2.05, 4.69) is 10.5 Å². The minimum absolute atomic E-state index is 0.100. The van der Waals surface area contributed by atoms with Gasteiger partial charge in [-0.1, -0.05) is 6.07 Å². The summed E-state index contributed by atoms with van der Waals surface area (Å²) in [6, 6.07) is 4.87. The summed E-state index contributed by atoms with van der Waals surface area (Å²) < 4.78 is 32.1. The Labute approximate surface area is 124 Å². The van der Waals surface area contributed by atoms with Gasteiger partial charge in [0.25, 0.3) is 0 Å². The van der Waals surface area contributed by atoms with Gasteiger partial charge in [-0.2, -0.15) is 13.5 Å². The first-order chi connectivity index (χ1) is 9.73. The maximum atomic E-state index is 11.4. The van der Waals surface area contributed by atoms with Crippen LogP contribution in [0.1, 0.15) is 19.4 Å². The second kappa shape index (κ2) is 7.07. The molecule has 0 bridgehead atoms. The molecule has 0 aliphatic heterocycles. The third-order valence-electron chi connectivity index (χ3n) is 2.29. The predicted molar refractivity (Wildman–Crippen MR) is 80.0 cm³/mol. The average molecular weight is 314 g/mol. The van der Waals surface area contributed by atoms with Gasteiger partial charge in [0.15, 0.2) is 5.75 Å². The highest BCUT2D eigenvalue weighted by molar-refractivity contribution is 7.86. The number of benzene rings is 1. The molecule has 0 heterocycles.